The number of fused-ring (bicyclic) bond motifs is 6. The van der Waals surface area contributed by atoms with Gasteiger partial charge < -0.3 is 4.98 Å². The molecule has 0 fully saturated rings. The second-order valence-electron chi connectivity index (χ2n) is 6.61. The van der Waals surface area contributed by atoms with E-state index in [-0.39, 0.29) is 5.56 Å². The van der Waals surface area contributed by atoms with Crippen molar-refractivity contribution in [1.29, 1.82) is 0 Å². The largest absolute Gasteiger partial charge is 0.355 e. The predicted molar refractivity (Wildman–Crippen MR) is 111 cm³/mol. The Morgan fingerprint density at radius 2 is 1.74 bits per heavy atom. The molecule has 27 heavy (non-hydrogen) atoms. The van der Waals surface area contributed by atoms with E-state index >= 15 is 0 Å². The average Bonchev–Trinajstić information content (AvgIpc) is 3.33. The molecule has 0 unspecified atom stereocenters. The molecule has 5 heteroatoms. The highest BCUT2D eigenvalue weighted by Gasteiger charge is 2.10. The number of nitrogens with zero attached hydrogens (tertiary/aromatic N) is 2. The number of hydrogen-bond acceptors (Lipinski definition) is 3. The lowest BCUT2D eigenvalue weighted by molar-refractivity contribution is 1.19. The first-order valence-electron chi connectivity index (χ1n) is 8.70. The average molecular weight is 367 g/mol. The Hall–Kier alpha value is -3.44. The van der Waals surface area contributed by atoms with E-state index in [1.165, 1.54) is 22.1 Å². The normalized spacial score (nSPS) is 12.8. The van der Waals surface area contributed by atoms with Crippen LogP contribution in [-0.2, 0) is 0 Å². The van der Waals surface area contributed by atoms with Crippen molar-refractivity contribution in [1.82, 2.24) is 14.4 Å². The van der Waals surface area contributed by atoms with Crippen LogP contribution < -0.4 is 10.1 Å². The number of aromatic nitrogens is 3. The zero-order valence-electron chi connectivity index (χ0n) is 14.1. The molecule has 4 nitrogen and oxygen atoms in total. The smallest absolute Gasteiger partial charge is 0.274 e. The van der Waals surface area contributed by atoms with Gasteiger partial charge in [0.05, 0.1) is 15.6 Å². The molecular formula is C22H13N3OS. The number of thiazole rings is 1. The molecule has 0 bridgehead atoms. The second-order valence-corrected chi connectivity index (χ2v) is 7.62. The summed E-state index contributed by atoms with van der Waals surface area (Å²) in [4.78, 5) is 21.7. The van der Waals surface area contributed by atoms with E-state index in [1.54, 1.807) is 4.40 Å². The summed E-state index contributed by atoms with van der Waals surface area (Å²) in [5.41, 5.74) is 4.94. The molecule has 0 saturated carbocycles. The third kappa shape index (κ3) is 2.09. The predicted octanol–water partition coefficient (Wildman–Crippen LogP) is 4.09. The van der Waals surface area contributed by atoms with Crippen molar-refractivity contribution in [3.05, 3.63) is 87.2 Å². The quantitative estimate of drug-likeness (QED) is 0.476. The lowest BCUT2D eigenvalue weighted by Gasteiger charge is -1.94. The molecule has 1 N–H and O–H groups in total. The molecule has 3 aromatic heterocycles. The molecule has 0 aliphatic rings. The highest BCUT2D eigenvalue weighted by Crippen LogP contribution is 2.26. The number of para-hydroxylation sites is 3. The van der Waals surface area contributed by atoms with Crippen molar-refractivity contribution >= 4 is 55.2 Å². The van der Waals surface area contributed by atoms with Crippen LogP contribution in [0.5, 0.6) is 0 Å². The lowest BCUT2D eigenvalue weighted by atomic mass is 10.1. The van der Waals surface area contributed by atoms with Crippen LogP contribution in [-0.4, -0.2) is 14.4 Å². The Balaban J connectivity index is 1.61. The van der Waals surface area contributed by atoms with Crippen molar-refractivity contribution in [3.63, 3.8) is 0 Å². The van der Waals surface area contributed by atoms with Crippen LogP contribution in [0.1, 0.15) is 5.56 Å². The number of imidazole rings is 1. The summed E-state index contributed by atoms with van der Waals surface area (Å²) in [6, 6.07) is 22.2. The van der Waals surface area contributed by atoms with Crippen LogP contribution in [0.3, 0.4) is 0 Å². The van der Waals surface area contributed by atoms with Gasteiger partial charge in [-0.2, -0.15) is 0 Å². The molecule has 0 saturated heterocycles. The number of rotatable bonds is 1. The molecule has 128 valence electrons. The fraction of sp³-hybridized carbons (Fsp3) is 0. The van der Waals surface area contributed by atoms with Crippen LogP contribution in [0.15, 0.2) is 71.5 Å². The highest BCUT2D eigenvalue weighted by molar-refractivity contribution is 7.15. The number of hydrogen-bond donors (Lipinski definition) is 1. The van der Waals surface area contributed by atoms with E-state index in [2.05, 4.69) is 34.2 Å². The van der Waals surface area contributed by atoms with Crippen LogP contribution in [0, 0.1) is 0 Å². The van der Waals surface area contributed by atoms with Gasteiger partial charge in [-0.15, -0.1) is 0 Å². The van der Waals surface area contributed by atoms with Crippen LogP contribution in [0.25, 0.3) is 43.9 Å². The minimum absolute atomic E-state index is 0.0114. The lowest BCUT2D eigenvalue weighted by Crippen LogP contribution is -2.22. The summed E-state index contributed by atoms with van der Waals surface area (Å²) in [6.45, 7) is 0. The van der Waals surface area contributed by atoms with E-state index in [0.29, 0.717) is 4.53 Å². The van der Waals surface area contributed by atoms with Crippen molar-refractivity contribution in [3.8, 4) is 0 Å². The third-order valence-corrected chi connectivity index (χ3v) is 5.94. The first-order chi connectivity index (χ1) is 13.3. The molecule has 0 radical (unpaired) electrons. The fourth-order valence-corrected chi connectivity index (χ4v) is 4.71. The Kier molecular flexibility index (Phi) is 2.88. The molecule has 3 aromatic carbocycles. The molecule has 3 heterocycles. The van der Waals surface area contributed by atoms with Crippen LogP contribution >= 0.6 is 11.3 Å². The molecular weight excluding hydrogens is 354 g/mol. The molecule has 0 atom stereocenters. The van der Waals surface area contributed by atoms with E-state index in [9.17, 15) is 4.79 Å². The first kappa shape index (κ1) is 14.7. The third-order valence-electron chi connectivity index (χ3n) is 4.97. The number of H-pyrrole nitrogens is 1. The van der Waals surface area contributed by atoms with Gasteiger partial charge in [-0.3, -0.25) is 4.79 Å². The van der Waals surface area contributed by atoms with Gasteiger partial charge in [0.1, 0.15) is 0 Å². The summed E-state index contributed by atoms with van der Waals surface area (Å²) in [7, 11) is 0. The van der Waals surface area contributed by atoms with Crippen molar-refractivity contribution in [2.24, 2.45) is 0 Å². The molecule has 0 amide bonds. The van der Waals surface area contributed by atoms with Crippen LogP contribution in [0.4, 0.5) is 0 Å². The first-order valence-corrected chi connectivity index (χ1v) is 9.52. The van der Waals surface area contributed by atoms with Gasteiger partial charge in [-0.25, -0.2) is 9.38 Å². The minimum atomic E-state index is -0.0114. The fourth-order valence-electron chi connectivity index (χ4n) is 3.72. The van der Waals surface area contributed by atoms with Gasteiger partial charge in [0, 0.05) is 21.8 Å². The van der Waals surface area contributed by atoms with Gasteiger partial charge >= 0.3 is 0 Å². The van der Waals surface area contributed by atoms with Crippen molar-refractivity contribution < 1.29 is 0 Å². The Morgan fingerprint density at radius 3 is 2.70 bits per heavy atom. The standard InChI is InChI=1S/C22H13N3OS/c26-21-20(27-22-24-18-7-3-4-8-19(18)25(21)22)12-13-9-10-17-15(11-13)14-5-1-2-6-16(14)23-17/h1-12,23H/b20-12-. The zero-order valence-corrected chi connectivity index (χ0v) is 15.0. The molecule has 0 aliphatic carbocycles. The Bertz CT molecular complexity index is 1600. The topological polar surface area (TPSA) is 50.2 Å². The maximum atomic E-state index is 12.9. The summed E-state index contributed by atoms with van der Waals surface area (Å²) < 4.78 is 2.40. The number of aromatic amines is 1. The molecule has 0 aliphatic heterocycles. The van der Waals surface area contributed by atoms with E-state index < -0.39 is 0 Å². The van der Waals surface area contributed by atoms with E-state index in [1.807, 2.05) is 48.5 Å². The molecule has 0 spiro atoms. The summed E-state index contributed by atoms with van der Waals surface area (Å²) >= 11 is 1.43. The number of benzene rings is 3. The summed E-state index contributed by atoms with van der Waals surface area (Å²) in [5, 5.41) is 2.36. The molecule has 6 aromatic rings. The molecule has 6 rings (SSSR count). The van der Waals surface area contributed by atoms with Crippen LogP contribution in [0.2, 0.25) is 0 Å². The van der Waals surface area contributed by atoms with E-state index in [0.717, 1.165) is 32.6 Å². The summed E-state index contributed by atoms with van der Waals surface area (Å²) in [5.74, 6) is 0. The van der Waals surface area contributed by atoms with Gasteiger partial charge in [-0.1, -0.05) is 47.7 Å². The number of nitrogens with one attached hydrogen (secondary N) is 1. The Labute approximate surface area is 157 Å². The maximum absolute atomic E-state index is 12.9. The summed E-state index contributed by atoms with van der Waals surface area (Å²) in [6.07, 6.45) is 1.96. The SMILES string of the molecule is O=c1/c(=C/c2ccc3[nH]c4ccccc4c3c2)sc2nc3ccccc3n12. The van der Waals surface area contributed by atoms with Gasteiger partial charge in [0.25, 0.3) is 5.56 Å². The highest BCUT2D eigenvalue weighted by atomic mass is 32.1. The van der Waals surface area contributed by atoms with Crippen molar-refractivity contribution in [2.75, 3.05) is 0 Å². The van der Waals surface area contributed by atoms with E-state index in [4.69, 9.17) is 0 Å². The van der Waals surface area contributed by atoms with Gasteiger partial charge in [0.15, 0.2) is 4.96 Å². The van der Waals surface area contributed by atoms with Crippen molar-refractivity contribution in [2.45, 2.75) is 0 Å². The van der Waals surface area contributed by atoms with Gasteiger partial charge in [-0.05, 0) is 42.0 Å². The second kappa shape index (κ2) is 5.28. The maximum Gasteiger partial charge on any atom is 0.274 e. The Morgan fingerprint density at radius 1 is 0.926 bits per heavy atom. The zero-order chi connectivity index (χ0) is 18.0. The minimum Gasteiger partial charge on any atom is -0.355 e. The van der Waals surface area contributed by atoms with Gasteiger partial charge in [0.2, 0.25) is 0 Å². The monoisotopic (exact) mass is 367 g/mol.